The van der Waals surface area contributed by atoms with E-state index in [0.717, 1.165) is 29.7 Å². The third-order valence-corrected chi connectivity index (χ3v) is 5.29. The molecule has 0 radical (unpaired) electrons. The summed E-state index contributed by atoms with van der Waals surface area (Å²) in [6.45, 7) is 5.14. The smallest absolute Gasteiger partial charge is 0.295 e. The van der Waals surface area contributed by atoms with Gasteiger partial charge < -0.3 is 14.9 Å². The van der Waals surface area contributed by atoms with Crippen molar-refractivity contribution < 1.29 is 19.6 Å². The van der Waals surface area contributed by atoms with Gasteiger partial charge in [0, 0.05) is 30.9 Å². The number of aliphatic hydroxyl groups is 1. The van der Waals surface area contributed by atoms with Crippen LogP contribution in [-0.2, 0) is 9.59 Å². The Balaban J connectivity index is 2.12. The number of benzene rings is 1. The maximum absolute atomic E-state index is 13.0. The van der Waals surface area contributed by atoms with Gasteiger partial charge in [0.15, 0.2) is 0 Å². The number of Topliss-reactive ketones (excluding diaryl/α,β-unsaturated/α-hetero) is 1. The second-order valence-corrected chi connectivity index (χ2v) is 7.90. The summed E-state index contributed by atoms with van der Waals surface area (Å²) in [6, 6.07) is 8.66. The van der Waals surface area contributed by atoms with E-state index in [9.17, 15) is 14.7 Å². The summed E-state index contributed by atoms with van der Waals surface area (Å²) < 4.78 is 0. The number of nitrogens with zero attached hydrogens (tertiary/aromatic N) is 2. The highest BCUT2D eigenvalue weighted by atomic mass is 16.3. The molecule has 29 heavy (non-hydrogen) atoms. The van der Waals surface area contributed by atoms with Crippen LogP contribution in [0.3, 0.4) is 0 Å². The first-order valence-corrected chi connectivity index (χ1v) is 9.86. The number of amides is 1. The third kappa shape index (κ3) is 4.22. The number of nitrogens with one attached hydrogen (secondary N) is 1. The van der Waals surface area contributed by atoms with E-state index in [2.05, 4.69) is 19.1 Å². The zero-order chi connectivity index (χ0) is 21.1. The molecule has 2 heterocycles. The Labute approximate surface area is 171 Å². The van der Waals surface area contributed by atoms with Gasteiger partial charge in [0.25, 0.3) is 11.7 Å². The summed E-state index contributed by atoms with van der Waals surface area (Å²) in [7, 11) is 4.10. The van der Waals surface area contributed by atoms with Gasteiger partial charge in [0.1, 0.15) is 5.76 Å². The Bertz CT molecular complexity index is 951. The fourth-order valence-electron chi connectivity index (χ4n) is 3.74. The van der Waals surface area contributed by atoms with E-state index in [1.165, 1.54) is 4.90 Å². The Morgan fingerprint density at radius 1 is 1.14 bits per heavy atom. The number of carbonyl (C=O) groups is 2. The number of aromatic nitrogens is 1. The van der Waals surface area contributed by atoms with Crippen molar-refractivity contribution >= 4 is 17.4 Å². The summed E-state index contributed by atoms with van der Waals surface area (Å²) in [5, 5.41) is 11.1. The monoisotopic (exact) mass is 394 g/mol. The lowest BCUT2D eigenvalue weighted by molar-refractivity contribution is -0.858. The Kier molecular flexibility index (Phi) is 6.13. The van der Waals surface area contributed by atoms with Crippen LogP contribution in [0.4, 0.5) is 0 Å². The number of aryl methyl sites for hydroxylation is 2. The molecule has 6 heteroatoms. The summed E-state index contributed by atoms with van der Waals surface area (Å²) >= 11 is 0. The van der Waals surface area contributed by atoms with E-state index in [-0.39, 0.29) is 11.3 Å². The summed E-state index contributed by atoms with van der Waals surface area (Å²) in [4.78, 5) is 32.8. The molecule has 6 nitrogen and oxygen atoms in total. The van der Waals surface area contributed by atoms with E-state index in [4.69, 9.17) is 0 Å². The zero-order valence-electron chi connectivity index (χ0n) is 17.4. The lowest BCUT2D eigenvalue weighted by Gasteiger charge is -2.25. The lowest BCUT2D eigenvalue weighted by Crippen LogP contribution is -3.05. The number of aliphatic hydroxyl groups excluding tert-OH is 1. The number of carbonyl (C=O) groups excluding carboxylic acids is 2. The quantitative estimate of drug-likeness (QED) is 0.444. The first-order valence-electron chi connectivity index (χ1n) is 9.86. The van der Waals surface area contributed by atoms with E-state index in [1.807, 2.05) is 32.0 Å². The van der Waals surface area contributed by atoms with E-state index in [1.54, 1.807) is 29.4 Å². The van der Waals surface area contributed by atoms with Gasteiger partial charge in [-0.3, -0.25) is 14.6 Å². The first-order chi connectivity index (χ1) is 13.8. The topological polar surface area (TPSA) is 74.9 Å². The van der Waals surface area contributed by atoms with Gasteiger partial charge in [-0.15, -0.1) is 0 Å². The van der Waals surface area contributed by atoms with Crippen molar-refractivity contribution in [2.45, 2.75) is 26.3 Å². The molecule has 1 aromatic heterocycles. The van der Waals surface area contributed by atoms with Gasteiger partial charge in [-0.1, -0.05) is 17.7 Å². The number of hydrogen-bond donors (Lipinski definition) is 2. The van der Waals surface area contributed by atoms with Crippen LogP contribution in [0.2, 0.25) is 0 Å². The number of ketones is 1. The van der Waals surface area contributed by atoms with Gasteiger partial charge in [-0.05, 0) is 43.2 Å². The minimum Gasteiger partial charge on any atom is -0.507 e. The molecule has 3 rings (SSSR count). The second kappa shape index (κ2) is 8.57. The Morgan fingerprint density at radius 2 is 1.83 bits per heavy atom. The highest BCUT2D eigenvalue weighted by molar-refractivity contribution is 6.46. The van der Waals surface area contributed by atoms with Crippen LogP contribution >= 0.6 is 0 Å². The minimum absolute atomic E-state index is 0.118. The summed E-state index contributed by atoms with van der Waals surface area (Å²) in [5.41, 5.74) is 3.32. The van der Waals surface area contributed by atoms with Crippen molar-refractivity contribution in [3.8, 4) is 0 Å². The van der Waals surface area contributed by atoms with Crippen molar-refractivity contribution in [2.24, 2.45) is 0 Å². The van der Waals surface area contributed by atoms with Crippen LogP contribution in [0.1, 0.15) is 34.7 Å². The van der Waals surface area contributed by atoms with Gasteiger partial charge in [-0.2, -0.15) is 0 Å². The van der Waals surface area contributed by atoms with E-state index in [0.29, 0.717) is 12.1 Å². The number of likely N-dealkylation sites (tertiary alicyclic amines) is 1. The fourth-order valence-corrected chi connectivity index (χ4v) is 3.74. The molecule has 1 aliphatic rings. The van der Waals surface area contributed by atoms with Crippen LogP contribution < -0.4 is 4.90 Å². The van der Waals surface area contributed by atoms with E-state index < -0.39 is 17.7 Å². The van der Waals surface area contributed by atoms with Crippen molar-refractivity contribution in [3.63, 3.8) is 0 Å². The molecule has 1 aliphatic heterocycles. The fraction of sp³-hybridized carbons (Fsp3) is 0.348. The molecular weight excluding hydrogens is 366 g/mol. The van der Waals surface area contributed by atoms with Gasteiger partial charge in [0.2, 0.25) is 0 Å². The molecule has 0 spiro atoms. The van der Waals surface area contributed by atoms with Crippen molar-refractivity contribution in [3.05, 3.63) is 70.6 Å². The number of rotatable bonds is 6. The van der Waals surface area contributed by atoms with Gasteiger partial charge in [0.05, 0.1) is 32.3 Å². The normalized spacial score (nSPS) is 18.7. The summed E-state index contributed by atoms with van der Waals surface area (Å²) in [5.74, 6) is -1.32. The maximum atomic E-state index is 13.0. The average molecular weight is 394 g/mol. The molecule has 1 saturated heterocycles. The van der Waals surface area contributed by atoms with Crippen LogP contribution in [0.5, 0.6) is 0 Å². The van der Waals surface area contributed by atoms with Crippen molar-refractivity contribution in [1.29, 1.82) is 0 Å². The molecule has 2 N–H and O–H groups in total. The minimum atomic E-state index is -0.637. The molecule has 1 fully saturated rings. The predicted octanol–water partition coefficient (Wildman–Crippen LogP) is 1.65. The second-order valence-electron chi connectivity index (χ2n) is 7.90. The molecule has 0 bridgehead atoms. The predicted molar refractivity (Wildman–Crippen MR) is 111 cm³/mol. The molecular formula is C23H28N3O3+. The van der Waals surface area contributed by atoms with Crippen LogP contribution in [0.25, 0.3) is 5.76 Å². The maximum Gasteiger partial charge on any atom is 0.295 e. The SMILES string of the molecule is Cc1ccc(C)c(C(O)=C2C(=O)C(=O)N(CCC[NH+](C)C)[C@@H]2c2ccncc2)c1. The Hall–Kier alpha value is -2.99. The van der Waals surface area contributed by atoms with E-state index >= 15 is 0 Å². The zero-order valence-corrected chi connectivity index (χ0v) is 17.4. The van der Waals surface area contributed by atoms with Crippen LogP contribution in [0, 0.1) is 13.8 Å². The molecule has 0 saturated carbocycles. The van der Waals surface area contributed by atoms with Crippen LogP contribution in [0.15, 0.2) is 48.3 Å². The Morgan fingerprint density at radius 3 is 2.48 bits per heavy atom. The number of pyridine rings is 1. The highest BCUT2D eigenvalue weighted by Crippen LogP contribution is 2.39. The van der Waals surface area contributed by atoms with Gasteiger partial charge in [-0.25, -0.2) is 0 Å². The average Bonchev–Trinajstić information content (AvgIpc) is 2.94. The molecule has 0 aliphatic carbocycles. The largest absolute Gasteiger partial charge is 0.507 e. The number of hydrogen-bond acceptors (Lipinski definition) is 4. The summed E-state index contributed by atoms with van der Waals surface area (Å²) in [6.07, 6.45) is 4.04. The highest BCUT2D eigenvalue weighted by Gasteiger charge is 2.45. The van der Waals surface area contributed by atoms with Crippen molar-refractivity contribution in [1.82, 2.24) is 9.88 Å². The molecule has 2 aromatic rings. The molecule has 1 amide bonds. The standard InChI is InChI=1S/C23H27N3O3/c1-15-6-7-16(2)18(14-15)21(27)19-20(17-8-10-24-11-9-17)26(23(29)22(19)28)13-5-12-25(3)4/h6-11,14,20,27H,5,12-13H2,1-4H3/p+1/t20-/m1/s1. The molecule has 1 aromatic carbocycles. The molecule has 0 unspecified atom stereocenters. The molecule has 1 atom stereocenters. The number of quaternary nitrogens is 1. The first kappa shape index (κ1) is 20.7. The van der Waals surface area contributed by atoms with Crippen molar-refractivity contribution in [2.75, 3.05) is 27.2 Å². The van der Waals surface area contributed by atoms with Gasteiger partial charge >= 0.3 is 0 Å². The third-order valence-electron chi connectivity index (χ3n) is 5.29. The molecule has 152 valence electrons. The lowest BCUT2D eigenvalue weighted by atomic mass is 9.93. The van der Waals surface area contributed by atoms with Crippen LogP contribution in [-0.4, -0.2) is 53.9 Å².